The van der Waals surface area contributed by atoms with Gasteiger partial charge in [-0.1, -0.05) is 29.3 Å². The zero-order chi connectivity index (χ0) is 26.6. The van der Waals surface area contributed by atoms with Gasteiger partial charge in [-0.05, 0) is 54.4 Å². The first-order valence-corrected chi connectivity index (χ1v) is 11.3. The first kappa shape index (κ1) is 27.3. The van der Waals surface area contributed by atoms with E-state index in [4.69, 9.17) is 33.1 Å². The van der Waals surface area contributed by atoms with Crippen LogP contribution in [-0.2, 0) is 33.9 Å². The van der Waals surface area contributed by atoms with Crippen molar-refractivity contribution in [2.75, 3.05) is 18.9 Å². The van der Waals surface area contributed by atoms with Gasteiger partial charge < -0.3 is 20.7 Å². The molecule has 0 atom stereocenters. The van der Waals surface area contributed by atoms with Crippen LogP contribution in [0.3, 0.4) is 0 Å². The van der Waals surface area contributed by atoms with Gasteiger partial charge in [0, 0.05) is 47.4 Å². The van der Waals surface area contributed by atoms with E-state index in [1.165, 1.54) is 11.1 Å². The highest BCUT2D eigenvalue weighted by atomic mass is 35.5. The van der Waals surface area contributed by atoms with Crippen LogP contribution in [0.2, 0.25) is 10.0 Å². The minimum absolute atomic E-state index is 0.313. The molecule has 1 aliphatic heterocycles. The molecule has 0 radical (unpaired) electrons. The van der Waals surface area contributed by atoms with Gasteiger partial charge in [0.1, 0.15) is 0 Å². The van der Waals surface area contributed by atoms with Gasteiger partial charge in [-0.25, -0.2) is 4.79 Å². The van der Waals surface area contributed by atoms with Crippen LogP contribution in [0.15, 0.2) is 36.5 Å². The molecule has 4 rings (SSSR count). The van der Waals surface area contributed by atoms with E-state index in [0.29, 0.717) is 28.7 Å². The van der Waals surface area contributed by atoms with Crippen LogP contribution < -0.4 is 10.6 Å². The summed E-state index contributed by atoms with van der Waals surface area (Å²) in [4.78, 5) is 38.6. The lowest BCUT2D eigenvalue weighted by molar-refractivity contribution is -0.192. The quantitative estimate of drug-likeness (QED) is 0.364. The molecule has 13 heteroatoms. The summed E-state index contributed by atoms with van der Waals surface area (Å²) in [5.41, 5.74) is 4.82. The van der Waals surface area contributed by atoms with Gasteiger partial charge in [0.25, 0.3) is 0 Å². The Balaban J connectivity index is 0.000000454. The third-order valence-electron chi connectivity index (χ3n) is 5.25. The number of halogens is 5. The van der Waals surface area contributed by atoms with Crippen molar-refractivity contribution in [1.29, 1.82) is 0 Å². The summed E-state index contributed by atoms with van der Waals surface area (Å²) < 4.78 is 31.7. The first-order chi connectivity index (χ1) is 16.8. The summed E-state index contributed by atoms with van der Waals surface area (Å²) in [7, 11) is 2.04. The number of rotatable bonds is 4. The number of benzene rings is 2. The van der Waals surface area contributed by atoms with Crippen LogP contribution >= 0.6 is 23.2 Å². The number of aromatic nitrogens is 1. The Bertz CT molecular complexity index is 1310. The van der Waals surface area contributed by atoms with Crippen LogP contribution in [0.5, 0.6) is 0 Å². The Labute approximate surface area is 213 Å². The molecule has 2 heterocycles. The number of anilines is 1. The Morgan fingerprint density at radius 2 is 1.75 bits per heavy atom. The van der Waals surface area contributed by atoms with Gasteiger partial charge in [-0.3, -0.25) is 14.5 Å². The molecule has 36 heavy (non-hydrogen) atoms. The van der Waals surface area contributed by atoms with Crippen LogP contribution in [0.25, 0.3) is 10.9 Å². The highest BCUT2D eigenvalue weighted by Gasteiger charge is 2.38. The van der Waals surface area contributed by atoms with Crippen molar-refractivity contribution in [3.63, 3.8) is 0 Å². The summed E-state index contributed by atoms with van der Waals surface area (Å²) in [6.07, 6.45) is -2.72. The number of aliphatic carboxylic acids is 1. The number of carbonyl (C=O) groups is 3. The van der Waals surface area contributed by atoms with Gasteiger partial charge in [-0.2, -0.15) is 13.2 Å². The van der Waals surface area contributed by atoms with Crippen molar-refractivity contribution in [1.82, 2.24) is 15.2 Å². The third kappa shape index (κ3) is 6.90. The molecule has 0 bridgehead atoms. The summed E-state index contributed by atoms with van der Waals surface area (Å²) in [6.45, 7) is 2.05. The third-order valence-corrected chi connectivity index (χ3v) is 5.77. The number of nitrogens with zero attached hydrogens (tertiary/aromatic N) is 1. The number of carboxylic acid groups (broad SMARTS) is 1. The number of fused-ring (bicyclic) bond motifs is 2. The minimum atomic E-state index is -5.08. The van der Waals surface area contributed by atoms with Crippen LogP contribution in [0.1, 0.15) is 16.7 Å². The summed E-state index contributed by atoms with van der Waals surface area (Å²) in [5.74, 6) is -4.11. The average molecular weight is 545 g/mol. The number of amides is 2. The number of nitrogens with one attached hydrogen (secondary N) is 3. The maximum absolute atomic E-state index is 12.2. The molecule has 8 nitrogen and oxygen atoms in total. The van der Waals surface area contributed by atoms with E-state index >= 15 is 0 Å². The molecule has 2 aromatic carbocycles. The maximum atomic E-state index is 12.2. The Morgan fingerprint density at radius 3 is 2.42 bits per heavy atom. The second-order valence-electron chi connectivity index (χ2n) is 8.04. The number of aromatic amines is 1. The molecule has 0 saturated carbocycles. The molecule has 0 saturated heterocycles. The molecule has 0 aliphatic carbocycles. The van der Waals surface area contributed by atoms with Gasteiger partial charge >= 0.3 is 24.0 Å². The number of hydrogen-bond donors (Lipinski definition) is 4. The Kier molecular flexibility index (Phi) is 8.49. The molecule has 2 amide bonds. The fourth-order valence-corrected chi connectivity index (χ4v) is 4.28. The van der Waals surface area contributed by atoms with Crippen molar-refractivity contribution in [3.05, 3.63) is 63.3 Å². The SMILES string of the molecule is CN1Cc2ccc(NC(=O)C(=O)NCCc3c[nH]c4cc(Cl)cc(Cl)c34)cc2C1.O=C(O)C(F)(F)F. The molecule has 1 aromatic heterocycles. The summed E-state index contributed by atoms with van der Waals surface area (Å²) in [6, 6.07) is 9.21. The molecule has 3 aromatic rings. The van der Waals surface area contributed by atoms with Gasteiger partial charge in [0.15, 0.2) is 0 Å². The zero-order valence-corrected chi connectivity index (χ0v) is 20.3. The Morgan fingerprint density at radius 1 is 1.08 bits per heavy atom. The number of H-pyrrole nitrogens is 1. The number of alkyl halides is 3. The molecular formula is C23H21Cl2F3N4O4. The van der Waals surface area contributed by atoms with Crippen molar-refractivity contribution in [2.45, 2.75) is 25.7 Å². The monoisotopic (exact) mass is 544 g/mol. The zero-order valence-electron chi connectivity index (χ0n) is 18.8. The number of carbonyl (C=O) groups excluding carboxylic acids is 2. The maximum Gasteiger partial charge on any atom is 0.490 e. The van der Waals surface area contributed by atoms with E-state index in [1.807, 2.05) is 31.4 Å². The van der Waals surface area contributed by atoms with Crippen LogP contribution in [-0.4, -0.2) is 52.5 Å². The Hall–Kier alpha value is -3.28. The van der Waals surface area contributed by atoms with Crippen LogP contribution in [0, 0.1) is 0 Å². The normalized spacial score (nSPS) is 13.1. The largest absolute Gasteiger partial charge is 0.490 e. The fourth-order valence-electron chi connectivity index (χ4n) is 3.67. The molecule has 1 aliphatic rings. The summed E-state index contributed by atoms with van der Waals surface area (Å²) >= 11 is 12.3. The summed E-state index contributed by atoms with van der Waals surface area (Å²) in [5, 5.41) is 14.4. The number of carboxylic acids is 1. The van der Waals surface area contributed by atoms with Crippen molar-refractivity contribution in [3.8, 4) is 0 Å². The van der Waals surface area contributed by atoms with Gasteiger partial charge in [0.05, 0.1) is 5.02 Å². The van der Waals surface area contributed by atoms with E-state index < -0.39 is 24.0 Å². The van der Waals surface area contributed by atoms with E-state index in [2.05, 4.69) is 20.5 Å². The topological polar surface area (TPSA) is 115 Å². The molecule has 0 fully saturated rings. The molecule has 0 spiro atoms. The standard InChI is InChI=1S/C21H20Cl2N4O2.C2HF3O2/c1-27-10-13-2-3-16(6-14(13)11-27)26-21(29)20(28)24-5-4-12-9-25-18-8-15(22)7-17(23)19(12)18;3-2(4,5)1(6)7/h2-3,6-9,25H,4-5,10-11H2,1H3,(H,24,28)(H,26,29);(H,6,7). The second kappa shape index (κ2) is 11.2. The van der Waals surface area contributed by atoms with E-state index in [9.17, 15) is 22.8 Å². The predicted molar refractivity (Wildman–Crippen MR) is 129 cm³/mol. The van der Waals surface area contributed by atoms with Crippen molar-refractivity contribution < 1.29 is 32.7 Å². The van der Waals surface area contributed by atoms with Crippen molar-refractivity contribution >= 4 is 57.6 Å². The van der Waals surface area contributed by atoms with Crippen molar-refractivity contribution in [2.24, 2.45) is 0 Å². The highest BCUT2D eigenvalue weighted by Crippen LogP contribution is 2.30. The molecular weight excluding hydrogens is 524 g/mol. The van der Waals surface area contributed by atoms with E-state index in [1.54, 1.807) is 12.1 Å². The molecule has 0 unspecified atom stereocenters. The smallest absolute Gasteiger partial charge is 0.475 e. The predicted octanol–water partition coefficient (Wildman–Crippen LogP) is 4.35. The molecule has 4 N–H and O–H groups in total. The highest BCUT2D eigenvalue weighted by molar-refractivity contribution is 6.40. The first-order valence-electron chi connectivity index (χ1n) is 10.5. The van der Waals surface area contributed by atoms with E-state index in [0.717, 1.165) is 29.6 Å². The number of hydrogen-bond acceptors (Lipinski definition) is 4. The lowest BCUT2D eigenvalue weighted by atomic mass is 10.1. The van der Waals surface area contributed by atoms with Crippen LogP contribution in [0.4, 0.5) is 18.9 Å². The van der Waals surface area contributed by atoms with E-state index in [-0.39, 0.29) is 0 Å². The minimum Gasteiger partial charge on any atom is -0.475 e. The lowest BCUT2D eigenvalue weighted by Crippen LogP contribution is -2.36. The average Bonchev–Trinajstić information content (AvgIpc) is 3.35. The van der Waals surface area contributed by atoms with Gasteiger partial charge in [0.2, 0.25) is 0 Å². The molecule has 192 valence electrons. The second-order valence-corrected chi connectivity index (χ2v) is 8.89. The van der Waals surface area contributed by atoms with Gasteiger partial charge in [-0.15, -0.1) is 0 Å². The fraction of sp³-hybridized carbons (Fsp3) is 0.261. The lowest BCUT2D eigenvalue weighted by Gasteiger charge is -2.08.